The number of aryl methyl sites for hydroxylation is 1. The molecule has 7 heteroatoms. The number of anilines is 2. The molecule has 1 fully saturated rings. The van der Waals surface area contributed by atoms with Crippen LogP contribution in [-0.4, -0.2) is 50.4 Å². The summed E-state index contributed by atoms with van der Waals surface area (Å²) in [5, 5.41) is 10.0. The molecular formula is C15H22N6O. The van der Waals surface area contributed by atoms with Crippen molar-refractivity contribution in [2.75, 3.05) is 18.4 Å². The van der Waals surface area contributed by atoms with Crippen molar-refractivity contribution in [1.82, 2.24) is 25.1 Å². The zero-order valence-corrected chi connectivity index (χ0v) is 13.2. The van der Waals surface area contributed by atoms with Gasteiger partial charge in [0.05, 0.1) is 17.9 Å². The Labute approximate surface area is 130 Å². The fourth-order valence-electron chi connectivity index (χ4n) is 2.88. The molecule has 0 aliphatic carbocycles. The number of H-pyrrole nitrogens is 1. The van der Waals surface area contributed by atoms with E-state index in [-0.39, 0.29) is 12.2 Å². The molecule has 22 heavy (non-hydrogen) atoms. The lowest BCUT2D eigenvalue weighted by molar-refractivity contribution is -0.0707. The quantitative estimate of drug-likeness (QED) is 0.897. The second kappa shape index (κ2) is 6.41. The molecule has 0 saturated carbocycles. The first-order chi connectivity index (χ1) is 10.6. The Morgan fingerprint density at radius 2 is 2.05 bits per heavy atom. The van der Waals surface area contributed by atoms with Gasteiger partial charge in [0.2, 0.25) is 0 Å². The van der Waals surface area contributed by atoms with E-state index >= 15 is 0 Å². The van der Waals surface area contributed by atoms with Crippen molar-refractivity contribution in [3.63, 3.8) is 0 Å². The molecule has 0 aromatic carbocycles. The molecule has 2 aromatic heterocycles. The van der Waals surface area contributed by atoms with Crippen LogP contribution in [0.1, 0.15) is 25.4 Å². The predicted molar refractivity (Wildman–Crippen MR) is 83.9 cm³/mol. The fraction of sp³-hybridized carbons (Fsp3) is 0.533. The lowest BCUT2D eigenvalue weighted by Crippen LogP contribution is -2.44. The number of nitrogens with zero attached hydrogens (tertiary/aromatic N) is 4. The van der Waals surface area contributed by atoms with Gasteiger partial charge in [-0.1, -0.05) is 0 Å². The van der Waals surface area contributed by atoms with Crippen LogP contribution >= 0.6 is 0 Å². The second-order valence-electron chi connectivity index (χ2n) is 5.83. The summed E-state index contributed by atoms with van der Waals surface area (Å²) in [7, 11) is 0. The monoisotopic (exact) mass is 302 g/mol. The number of nitrogens with one attached hydrogen (secondary N) is 2. The number of hydrogen-bond donors (Lipinski definition) is 2. The van der Waals surface area contributed by atoms with Crippen LogP contribution in [0.2, 0.25) is 0 Å². The number of ether oxygens (including phenoxy) is 1. The lowest BCUT2D eigenvalue weighted by Gasteiger charge is -2.35. The summed E-state index contributed by atoms with van der Waals surface area (Å²) in [6, 6.07) is 3.84. The molecule has 2 N–H and O–H groups in total. The van der Waals surface area contributed by atoms with Crippen LogP contribution in [0, 0.1) is 6.92 Å². The van der Waals surface area contributed by atoms with Crippen LogP contribution in [0.4, 0.5) is 11.6 Å². The van der Waals surface area contributed by atoms with Crippen molar-refractivity contribution in [3.05, 3.63) is 29.8 Å². The van der Waals surface area contributed by atoms with Crippen LogP contribution in [0.25, 0.3) is 0 Å². The van der Waals surface area contributed by atoms with Gasteiger partial charge in [0.1, 0.15) is 11.6 Å². The first-order valence-corrected chi connectivity index (χ1v) is 7.57. The first kappa shape index (κ1) is 14.9. The number of hydrogen-bond acceptors (Lipinski definition) is 6. The second-order valence-corrected chi connectivity index (χ2v) is 5.83. The molecular weight excluding hydrogens is 280 g/mol. The molecule has 2 atom stereocenters. The molecule has 0 unspecified atom stereocenters. The summed E-state index contributed by atoms with van der Waals surface area (Å²) >= 11 is 0. The molecule has 0 radical (unpaired) electrons. The van der Waals surface area contributed by atoms with E-state index < -0.39 is 0 Å². The van der Waals surface area contributed by atoms with Gasteiger partial charge < -0.3 is 10.1 Å². The maximum absolute atomic E-state index is 5.77. The predicted octanol–water partition coefficient (Wildman–Crippen LogP) is 1.86. The van der Waals surface area contributed by atoms with Crippen molar-refractivity contribution in [2.24, 2.45) is 0 Å². The van der Waals surface area contributed by atoms with Crippen molar-refractivity contribution < 1.29 is 4.74 Å². The van der Waals surface area contributed by atoms with E-state index in [0.29, 0.717) is 0 Å². The van der Waals surface area contributed by atoms with Crippen LogP contribution in [-0.2, 0) is 11.3 Å². The molecule has 118 valence electrons. The highest BCUT2D eigenvalue weighted by Crippen LogP contribution is 2.16. The molecule has 0 amide bonds. The summed E-state index contributed by atoms with van der Waals surface area (Å²) in [6.45, 7) is 8.78. The van der Waals surface area contributed by atoms with E-state index in [1.54, 1.807) is 6.20 Å². The maximum Gasteiger partial charge on any atom is 0.153 e. The van der Waals surface area contributed by atoms with Crippen molar-refractivity contribution in [3.8, 4) is 0 Å². The smallest absolute Gasteiger partial charge is 0.153 e. The Balaban J connectivity index is 1.72. The van der Waals surface area contributed by atoms with E-state index in [1.807, 2.05) is 19.1 Å². The van der Waals surface area contributed by atoms with Gasteiger partial charge in [-0.3, -0.25) is 10.00 Å². The molecule has 1 aliphatic heterocycles. The van der Waals surface area contributed by atoms with Gasteiger partial charge in [-0.15, -0.1) is 0 Å². The molecule has 0 bridgehead atoms. The van der Waals surface area contributed by atoms with Crippen molar-refractivity contribution in [2.45, 2.75) is 39.5 Å². The standard InChI is InChI=1S/C15H22N6O/c1-10-7-21(8-11(2)22-10)9-13-6-15(18-12(3)17-13)19-14-4-5-16-20-14/h4-6,10-11H,7-9H2,1-3H3,(H2,16,17,18,19,20)/t10-,11+. The van der Waals surface area contributed by atoms with Gasteiger partial charge in [0.25, 0.3) is 0 Å². The molecule has 0 spiro atoms. The van der Waals surface area contributed by atoms with Gasteiger partial charge in [-0.2, -0.15) is 5.10 Å². The molecule has 1 aliphatic rings. The first-order valence-electron chi connectivity index (χ1n) is 7.57. The van der Waals surface area contributed by atoms with E-state index in [4.69, 9.17) is 4.74 Å². The number of aromatic amines is 1. The zero-order valence-electron chi connectivity index (χ0n) is 13.2. The summed E-state index contributed by atoms with van der Waals surface area (Å²) in [6.07, 6.45) is 2.29. The van der Waals surface area contributed by atoms with Crippen LogP contribution in [0.5, 0.6) is 0 Å². The van der Waals surface area contributed by atoms with E-state index in [2.05, 4.69) is 44.2 Å². The lowest BCUT2D eigenvalue weighted by atomic mass is 10.2. The number of aromatic nitrogens is 4. The van der Waals surface area contributed by atoms with Crippen LogP contribution in [0.15, 0.2) is 18.3 Å². The molecule has 1 saturated heterocycles. The highest BCUT2D eigenvalue weighted by molar-refractivity contribution is 5.51. The normalized spacial score (nSPS) is 22.7. The Morgan fingerprint density at radius 3 is 2.73 bits per heavy atom. The fourth-order valence-corrected chi connectivity index (χ4v) is 2.88. The zero-order chi connectivity index (χ0) is 15.5. The average Bonchev–Trinajstić information content (AvgIpc) is 2.89. The third kappa shape index (κ3) is 3.80. The molecule has 7 nitrogen and oxygen atoms in total. The van der Waals surface area contributed by atoms with E-state index in [0.717, 1.165) is 42.8 Å². The molecule has 3 rings (SSSR count). The van der Waals surface area contributed by atoms with Gasteiger partial charge in [0, 0.05) is 38.0 Å². The molecule has 3 heterocycles. The Morgan fingerprint density at radius 1 is 1.27 bits per heavy atom. The summed E-state index contributed by atoms with van der Waals surface area (Å²) in [5.41, 5.74) is 1.01. The summed E-state index contributed by atoms with van der Waals surface area (Å²) in [5.74, 6) is 2.27. The third-order valence-corrected chi connectivity index (χ3v) is 3.53. The Kier molecular flexibility index (Phi) is 4.35. The van der Waals surface area contributed by atoms with Crippen molar-refractivity contribution in [1.29, 1.82) is 0 Å². The minimum Gasteiger partial charge on any atom is -0.373 e. The van der Waals surface area contributed by atoms with E-state index in [9.17, 15) is 0 Å². The van der Waals surface area contributed by atoms with Crippen molar-refractivity contribution >= 4 is 11.6 Å². The van der Waals surface area contributed by atoms with Crippen LogP contribution < -0.4 is 5.32 Å². The highest BCUT2D eigenvalue weighted by Gasteiger charge is 2.22. The summed E-state index contributed by atoms with van der Waals surface area (Å²) < 4.78 is 5.77. The van der Waals surface area contributed by atoms with Gasteiger partial charge in [-0.25, -0.2) is 9.97 Å². The minimum atomic E-state index is 0.258. The average molecular weight is 302 g/mol. The summed E-state index contributed by atoms with van der Waals surface area (Å²) in [4.78, 5) is 11.3. The number of morpholine rings is 1. The topological polar surface area (TPSA) is 79.0 Å². The molecule has 2 aromatic rings. The third-order valence-electron chi connectivity index (χ3n) is 3.53. The SMILES string of the molecule is Cc1nc(CN2C[C@@H](C)O[C@@H](C)C2)cc(Nc2cc[nH]n2)n1. The van der Waals surface area contributed by atoms with Gasteiger partial charge >= 0.3 is 0 Å². The van der Waals surface area contributed by atoms with Crippen LogP contribution in [0.3, 0.4) is 0 Å². The van der Waals surface area contributed by atoms with E-state index in [1.165, 1.54) is 0 Å². The Hall–Kier alpha value is -1.99. The minimum absolute atomic E-state index is 0.258. The number of rotatable bonds is 4. The maximum atomic E-state index is 5.77. The van der Waals surface area contributed by atoms with Gasteiger partial charge in [0.15, 0.2) is 5.82 Å². The van der Waals surface area contributed by atoms with Gasteiger partial charge in [-0.05, 0) is 20.8 Å². The largest absolute Gasteiger partial charge is 0.373 e. The Bertz CT molecular complexity index is 605. The highest BCUT2D eigenvalue weighted by atomic mass is 16.5.